The van der Waals surface area contributed by atoms with Crippen molar-refractivity contribution in [3.8, 4) is 0 Å². The molecule has 96 valence electrons. The van der Waals surface area contributed by atoms with E-state index in [4.69, 9.17) is 5.11 Å². The third kappa shape index (κ3) is 3.22. The number of hydrogen-bond acceptors (Lipinski definition) is 2. The second-order valence-corrected chi connectivity index (χ2v) is 5.02. The summed E-state index contributed by atoms with van der Waals surface area (Å²) in [5, 5.41) is 11.5. The number of nitrogens with one attached hydrogen (secondary N) is 1. The molecule has 0 aromatic heterocycles. The minimum Gasteiger partial charge on any atom is -0.480 e. The van der Waals surface area contributed by atoms with Gasteiger partial charge in [-0.05, 0) is 40.9 Å². The Kier molecular flexibility index (Phi) is 3.86. The molecule has 1 aliphatic rings. The maximum atomic E-state index is 12.0. The number of nitrogens with zero attached hydrogens (tertiary/aromatic N) is 1. The number of amides is 2. The quantitative estimate of drug-likeness (QED) is 0.897. The molecule has 0 heterocycles. The van der Waals surface area contributed by atoms with Crippen molar-refractivity contribution in [2.24, 2.45) is 0 Å². The van der Waals surface area contributed by atoms with Crippen molar-refractivity contribution < 1.29 is 14.7 Å². The molecule has 0 bridgehead atoms. The first-order chi connectivity index (χ1) is 8.58. The second kappa shape index (κ2) is 5.39. The molecule has 0 aliphatic heterocycles. The molecule has 1 aromatic rings. The van der Waals surface area contributed by atoms with Gasteiger partial charge in [-0.15, -0.1) is 0 Å². The first-order valence-corrected chi connectivity index (χ1v) is 6.41. The molecule has 1 fully saturated rings. The van der Waals surface area contributed by atoms with Crippen LogP contribution in [-0.2, 0) is 4.79 Å². The van der Waals surface area contributed by atoms with E-state index in [0.717, 1.165) is 17.3 Å². The van der Waals surface area contributed by atoms with Gasteiger partial charge in [0.1, 0.15) is 6.54 Å². The first kappa shape index (κ1) is 12.9. The van der Waals surface area contributed by atoms with Crippen molar-refractivity contribution in [3.05, 3.63) is 28.7 Å². The fourth-order valence-corrected chi connectivity index (χ4v) is 2.03. The smallest absolute Gasteiger partial charge is 0.323 e. The third-order valence-corrected chi connectivity index (χ3v) is 3.36. The van der Waals surface area contributed by atoms with Gasteiger partial charge in [-0.1, -0.05) is 12.1 Å². The van der Waals surface area contributed by atoms with Gasteiger partial charge in [-0.25, -0.2) is 4.79 Å². The van der Waals surface area contributed by atoms with Crippen molar-refractivity contribution in [3.63, 3.8) is 0 Å². The molecule has 0 saturated heterocycles. The molecule has 0 atom stereocenters. The molecule has 6 heteroatoms. The Hall–Kier alpha value is -1.56. The standard InChI is InChI=1S/C12H13BrN2O3/c13-9-3-1-2-4-10(9)14-12(18)15(7-11(16)17)8-5-6-8/h1-4,8H,5-7H2,(H,14,18)(H,16,17). The fraction of sp³-hybridized carbons (Fsp3) is 0.333. The number of carboxylic acid groups (broad SMARTS) is 1. The van der Waals surface area contributed by atoms with Gasteiger partial charge in [-0.2, -0.15) is 0 Å². The van der Waals surface area contributed by atoms with Crippen LogP contribution in [0.1, 0.15) is 12.8 Å². The summed E-state index contributed by atoms with van der Waals surface area (Å²) >= 11 is 3.33. The summed E-state index contributed by atoms with van der Waals surface area (Å²) in [7, 11) is 0. The highest BCUT2D eigenvalue weighted by atomic mass is 79.9. The summed E-state index contributed by atoms with van der Waals surface area (Å²) in [6, 6.07) is 6.91. The highest BCUT2D eigenvalue weighted by molar-refractivity contribution is 9.10. The molecule has 2 amide bonds. The maximum absolute atomic E-state index is 12.0. The number of para-hydroxylation sites is 1. The molecule has 1 aromatic carbocycles. The van der Waals surface area contributed by atoms with Crippen molar-refractivity contribution in [2.45, 2.75) is 18.9 Å². The van der Waals surface area contributed by atoms with Crippen molar-refractivity contribution in [2.75, 3.05) is 11.9 Å². The van der Waals surface area contributed by atoms with Crippen molar-refractivity contribution >= 4 is 33.6 Å². The molecule has 2 rings (SSSR count). The number of rotatable bonds is 4. The largest absolute Gasteiger partial charge is 0.480 e. The molecule has 18 heavy (non-hydrogen) atoms. The zero-order valence-electron chi connectivity index (χ0n) is 9.60. The van der Waals surface area contributed by atoms with E-state index in [1.54, 1.807) is 12.1 Å². The average Bonchev–Trinajstić information content (AvgIpc) is 3.12. The van der Waals surface area contributed by atoms with E-state index in [-0.39, 0.29) is 18.6 Å². The SMILES string of the molecule is O=C(O)CN(C(=O)Nc1ccccc1Br)C1CC1. The summed E-state index contributed by atoms with van der Waals surface area (Å²) in [6.45, 7) is -0.263. The average molecular weight is 313 g/mol. The van der Waals surface area contributed by atoms with Crippen LogP contribution < -0.4 is 5.32 Å². The van der Waals surface area contributed by atoms with Crippen molar-refractivity contribution in [1.82, 2.24) is 4.90 Å². The Labute approximate surface area is 113 Å². The van der Waals surface area contributed by atoms with E-state index in [0.29, 0.717) is 5.69 Å². The van der Waals surface area contributed by atoms with E-state index in [1.807, 2.05) is 12.1 Å². The van der Waals surface area contributed by atoms with Crippen LogP contribution in [0.4, 0.5) is 10.5 Å². The summed E-state index contributed by atoms with van der Waals surface area (Å²) in [4.78, 5) is 24.1. The van der Waals surface area contributed by atoms with Gasteiger partial charge in [0.05, 0.1) is 5.69 Å². The van der Waals surface area contributed by atoms with E-state index in [2.05, 4.69) is 21.2 Å². The molecule has 1 saturated carbocycles. The zero-order chi connectivity index (χ0) is 13.1. The number of halogens is 1. The van der Waals surface area contributed by atoms with Crippen molar-refractivity contribution in [1.29, 1.82) is 0 Å². The Morgan fingerprint density at radius 1 is 1.39 bits per heavy atom. The fourth-order valence-electron chi connectivity index (χ4n) is 1.65. The molecule has 0 radical (unpaired) electrons. The van der Waals surface area contributed by atoms with Crippen LogP contribution in [0, 0.1) is 0 Å². The van der Waals surface area contributed by atoms with Gasteiger partial charge < -0.3 is 15.3 Å². The van der Waals surface area contributed by atoms with Gasteiger partial charge in [0.2, 0.25) is 0 Å². The van der Waals surface area contributed by atoms with Crippen LogP contribution in [0.2, 0.25) is 0 Å². The molecule has 5 nitrogen and oxygen atoms in total. The summed E-state index contributed by atoms with van der Waals surface area (Å²) in [5.74, 6) is -0.996. The highest BCUT2D eigenvalue weighted by Crippen LogP contribution is 2.28. The number of carbonyl (C=O) groups is 2. The molecule has 2 N–H and O–H groups in total. The Morgan fingerprint density at radius 3 is 2.61 bits per heavy atom. The number of urea groups is 1. The van der Waals surface area contributed by atoms with Crippen LogP contribution in [0.25, 0.3) is 0 Å². The predicted octanol–water partition coefficient (Wildman–Crippen LogP) is 2.53. The monoisotopic (exact) mass is 312 g/mol. The van der Waals surface area contributed by atoms with E-state index in [1.165, 1.54) is 4.90 Å². The normalized spacial score (nSPS) is 14.1. The predicted molar refractivity (Wildman–Crippen MR) is 70.5 cm³/mol. The van der Waals surface area contributed by atoms with Crippen LogP contribution in [0.15, 0.2) is 28.7 Å². The third-order valence-electron chi connectivity index (χ3n) is 2.67. The maximum Gasteiger partial charge on any atom is 0.323 e. The number of hydrogen-bond donors (Lipinski definition) is 2. The van der Waals surface area contributed by atoms with Gasteiger partial charge in [0, 0.05) is 10.5 Å². The lowest BCUT2D eigenvalue weighted by molar-refractivity contribution is -0.137. The Morgan fingerprint density at radius 2 is 2.06 bits per heavy atom. The van der Waals surface area contributed by atoms with E-state index in [9.17, 15) is 9.59 Å². The second-order valence-electron chi connectivity index (χ2n) is 4.16. The number of carboxylic acids is 1. The molecular formula is C12H13BrN2O3. The van der Waals surface area contributed by atoms with Gasteiger partial charge in [-0.3, -0.25) is 4.79 Å². The van der Waals surface area contributed by atoms with Crippen LogP contribution in [-0.4, -0.2) is 34.6 Å². The van der Waals surface area contributed by atoms with E-state index < -0.39 is 5.97 Å². The van der Waals surface area contributed by atoms with Crippen LogP contribution in [0.5, 0.6) is 0 Å². The highest BCUT2D eigenvalue weighted by Gasteiger charge is 2.34. The van der Waals surface area contributed by atoms with Crippen LogP contribution >= 0.6 is 15.9 Å². The van der Waals surface area contributed by atoms with Gasteiger partial charge in [0.25, 0.3) is 0 Å². The molecule has 1 aliphatic carbocycles. The lowest BCUT2D eigenvalue weighted by Crippen LogP contribution is -2.40. The lowest BCUT2D eigenvalue weighted by Gasteiger charge is -2.21. The molecular weight excluding hydrogens is 300 g/mol. The van der Waals surface area contributed by atoms with Gasteiger partial charge in [0.15, 0.2) is 0 Å². The summed E-state index contributed by atoms with van der Waals surface area (Å²) in [6.07, 6.45) is 1.74. The topological polar surface area (TPSA) is 69.6 Å². The number of aliphatic carboxylic acids is 1. The number of benzene rings is 1. The Bertz CT molecular complexity index is 474. The minimum absolute atomic E-state index is 0.0589. The van der Waals surface area contributed by atoms with E-state index >= 15 is 0 Å². The molecule has 0 spiro atoms. The molecule has 0 unspecified atom stereocenters. The number of anilines is 1. The lowest BCUT2D eigenvalue weighted by atomic mass is 10.3. The Balaban J connectivity index is 2.05. The van der Waals surface area contributed by atoms with Crippen LogP contribution in [0.3, 0.4) is 0 Å². The summed E-state index contributed by atoms with van der Waals surface area (Å²) < 4.78 is 0.768. The first-order valence-electron chi connectivity index (χ1n) is 5.62. The zero-order valence-corrected chi connectivity index (χ0v) is 11.2. The van der Waals surface area contributed by atoms with Gasteiger partial charge >= 0.3 is 12.0 Å². The summed E-state index contributed by atoms with van der Waals surface area (Å²) in [5.41, 5.74) is 0.638. The number of carbonyl (C=O) groups excluding carboxylic acids is 1. The minimum atomic E-state index is -0.996.